The number of thioether (sulfide) groups is 1. The fourth-order valence-electron chi connectivity index (χ4n) is 2.31. The fourth-order valence-corrected chi connectivity index (χ4v) is 2.85. The molecular formula is C21H22N2O3S. The number of rotatable bonds is 6. The van der Waals surface area contributed by atoms with Gasteiger partial charge in [-0.05, 0) is 56.0 Å². The summed E-state index contributed by atoms with van der Waals surface area (Å²) in [5.41, 5.74) is 3.95. The van der Waals surface area contributed by atoms with E-state index in [0.29, 0.717) is 18.5 Å². The van der Waals surface area contributed by atoms with Crippen LogP contribution in [-0.2, 0) is 4.79 Å². The van der Waals surface area contributed by atoms with Crippen LogP contribution in [0, 0.1) is 11.8 Å². The van der Waals surface area contributed by atoms with E-state index in [0.717, 1.165) is 11.1 Å². The maximum atomic E-state index is 12.2. The molecule has 0 saturated carbocycles. The molecule has 0 fully saturated rings. The number of hydrogen-bond donors (Lipinski definition) is 3. The average molecular weight is 382 g/mol. The van der Waals surface area contributed by atoms with Crippen molar-refractivity contribution in [1.82, 2.24) is 10.8 Å². The van der Waals surface area contributed by atoms with Gasteiger partial charge in [-0.3, -0.25) is 14.8 Å². The van der Waals surface area contributed by atoms with Gasteiger partial charge in [-0.15, -0.1) is 11.8 Å². The lowest BCUT2D eigenvalue weighted by Gasteiger charge is -2.24. The van der Waals surface area contributed by atoms with Crippen LogP contribution >= 0.6 is 11.8 Å². The number of amides is 2. The van der Waals surface area contributed by atoms with E-state index in [1.54, 1.807) is 42.9 Å². The van der Waals surface area contributed by atoms with E-state index in [4.69, 9.17) is 5.21 Å². The SMILES string of the molecule is CSC(C)(CCNC(=O)c1ccc(C#Cc2ccccc2)cc1)C(=O)NO. The largest absolute Gasteiger partial charge is 0.352 e. The molecule has 2 aromatic rings. The van der Waals surface area contributed by atoms with Crippen LogP contribution in [0.3, 0.4) is 0 Å². The molecule has 0 bridgehead atoms. The van der Waals surface area contributed by atoms with Crippen LogP contribution in [0.4, 0.5) is 0 Å². The summed E-state index contributed by atoms with van der Waals surface area (Å²) in [6, 6.07) is 16.7. The molecule has 140 valence electrons. The first kappa shape index (κ1) is 20.6. The van der Waals surface area contributed by atoms with Crippen LogP contribution in [0.15, 0.2) is 54.6 Å². The van der Waals surface area contributed by atoms with Crippen molar-refractivity contribution < 1.29 is 14.8 Å². The second-order valence-electron chi connectivity index (χ2n) is 6.08. The Morgan fingerprint density at radius 1 is 1.04 bits per heavy atom. The average Bonchev–Trinajstić information content (AvgIpc) is 2.72. The summed E-state index contributed by atoms with van der Waals surface area (Å²) < 4.78 is -0.807. The summed E-state index contributed by atoms with van der Waals surface area (Å²) >= 11 is 1.32. The maximum absolute atomic E-state index is 12.2. The second-order valence-corrected chi connectivity index (χ2v) is 7.38. The van der Waals surface area contributed by atoms with Gasteiger partial charge in [0.1, 0.15) is 0 Å². The Kier molecular flexibility index (Phi) is 7.47. The molecule has 0 aliphatic carbocycles. The molecule has 6 heteroatoms. The summed E-state index contributed by atoms with van der Waals surface area (Å²) in [6.45, 7) is 2.04. The minimum atomic E-state index is -0.807. The molecule has 1 atom stereocenters. The first-order valence-corrected chi connectivity index (χ1v) is 9.66. The highest BCUT2D eigenvalue weighted by Gasteiger charge is 2.31. The third-order valence-electron chi connectivity index (χ3n) is 4.19. The van der Waals surface area contributed by atoms with Crippen molar-refractivity contribution in [1.29, 1.82) is 0 Å². The summed E-state index contributed by atoms with van der Waals surface area (Å²) in [5, 5.41) is 11.6. The van der Waals surface area contributed by atoms with E-state index < -0.39 is 10.7 Å². The van der Waals surface area contributed by atoms with Crippen LogP contribution in [0.2, 0.25) is 0 Å². The molecule has 3 N–H and O–H groups in total. The highest BCUT2D eigenvalue weighted by atomic mass is 32.2. The van der Waals surface area contributed by atoms with E-state index in [-0.39, 0.29) is 5.91 Å². The van der Waals surface area contributed by atoms with Gasteiger partial charge >= 0.3 is 0 Å². The summed E-state index contributed by atoms with van der Waals surface area (Å²) in [6.07, 6.45) is 2.18. The lowest BCUT2D eigenvalue weighted by Crippen LogP contribution is -2.43. The summed E-state index contributed by atoms with van der Waals surface area (Å²) in [4.78, 5) is 23.9. The van der Waals surface area contributed by atoms with Crippen LogP contribution in [0.5, 0.6) is 0 Å². The molecule has 0 spiro atoms. The second kappa shape index (κ2) is 9.81. The third-order valence-corrected chi connectivity index (χ3v) is 5.48. The van der Waals surface area contributed by atoms with Crippen molar-refractivity contribution in [2.75, 3.05) is 12.8 Å². The lowest BCUT2D eigenvalue weighted by molar-refractivity contribution is -0.131. The predicted molar refractivity (Wildman–Crippen MR) is 108 cm³/mol. The quantitative estimate of drug-likeness (QED) is 0.408. The minimum absolute atomic E-state index is 0.217. The highest BCUT2D eigenvalue weighted by Crippen LogP contribution is 2.25. The van der Waals surface area contributed by atoms with Crippen LogP contribution < -0.4 is 10.8 Å². The molecular weight excluding hydrogens is 360 g/mol. The highest BCUT2D eigenvalue weighted by molar-refractivity contribution is 8.00. The predicted octanol–water partition coefficient (Wildman–Crippen LogP) is 2.83. The van der Waals surface area contributed by atoms with Crippen molar-refractivity contribution in [3.63, 3.8) is 0 Å². The van der Waals surface area contributed by atoms with Gasteiger partial charge in [0.25, 0.3) is 11.8 Å². The van der Waals surface area contributed by atoms with E-state index in [2.05, 4.69) is 17.2 Å². The van der Waals surface area contributed by atoms with Gasteiger partial charge < -0.3 is 5.32 Å². The topological polar surface area (TPSA) is 78.4 Å². The van der Waals surface area contributed by atoms with Gasteiger partial charge in [0, 0.05) is 23.2 Å². The Labute approximate surface area is 163 Å². The van der Waals surface area contributed by atoms with Crippen LogP contribution in [0.25, 0.3) is 0 Å². The Bertz CT molecular complexity index is 841. The van der Waals surface area contributed by atoms with Gasteiger partial charge in [0.2, 0.25) is 0 Å². The lowest BCUT2D eigenvalue weighted by atomic mass is 10.1. The van der Waals surface area contributed by atoms with Crippen molar-refractivity contribution in [3.8, 4) is 11.8 Å². The standard InChI is InChI=1S/C21H22N2O3S/c1-21(27-2,20(25)23-26)14-15-22-19(24)18-12-10-17(11-13-18)9-8-16-6-4-3-5-7-16/h3-7,10-13,26H,14-15H2,1-2H3,(H,22,24)(H,23,25). The molecule has 2 amide bonds. The Morgan fingerprint density at radius 2 is 1.63 bits per heavy atom. The first-order valence-electron chi connectivity index (χ1n) is 8.43. The van der Waals surface area contributed by atoms with Crippen molar-refractivity contribution >= 4 is 23.6 Å². The number of nitrogens with one attached hydrogen (secondary N) is 2. The number of carbonyl (C=O) groups is 2. The van der Waals surface area contributed by atoms with Crippen molar-refractivity contribution in [2.45, 2.75) is 18.1 Å². The van der Waals surface area contributed by atoms with Gasteiger partial charge in [-0.1, -0.05) is 30.0 Å². The molecule has 0 heterocycles. The molecule has 5 nitrogen and oxygen atoms in total. The zero-order valence-corrected chi connectivity index (χ0v) is 16.1. The Balaban J connectivity index is 1.92. The molecule has 0 aromatic heterocycles. The van der Waals surface area contributed by atoms with Gasteiger partial charge in [0.15, 0.2) is 0 Å². The molecule has 2 rings (SSSR count). The number of hydroxylamine groups is 1. The van der Waals surface area contributed by atoms with E-state index in [1.165, 1.54) is 11.8 Å². The molecule has 0 radical (unpaired) electrons. The van der Waals surface area contributed by atoms with Crippen molar-refractivity contribution in [2.24, 2.45) is 0 Å². The normalized spacial score (nSPS) is 12.3. The molecule has 1 unspecified atom stereocenters. The van der Waals surface area contributed by atoms with E-state index in [9.17, 15) is 9.59 Å². The fraction of sp³-hybridized carbons (Fsp3) is 0.238. The smallest absolute Gasteiger partial charge is 0.259 e. The molecule has 27 heavy (non-hydrogen) atoms. The number of carbonyl (C=O) groups excluding carboxylic acids is 2. The molecule has 2 aromatic carbocycles. The third kappa shape index (κ3) is 5.88. The molecule has 0 aliphatic heterocycles. The zero-order chi connectivity index (χ0) is 19.7. The maximum Gasteiger partial charge on any atom is 0.259 e. The zero-order valence-electron chi connectivity index (χ0n) is 15.3. The number of hydrogen-bond acceptors (Lipinski definition) is 4. The summed E-state index contributed by atoms with van der Waals surface area (Å²) in [5.74, 6) is 5.44. The van der Waals surface area contributed by atoms with Gasteiger partial charge in [-0.2, -0.15) is 0 Å². The minimum Gasteiger partial charge on any atom is -0.352 e. The molecule has 0 saturated heterocycles. The first-order chi connectivity index (χ1) is 13.0. The number of benzene rings is 2. The monoisotopic (exact) mass is 382 g/mol. The molecule has 0 aliphatic rings. The summed E-state index contributed by atoms with van der Waals surface area (Å²) in [7, 11) is 0. The Morgan fingerprint density at radius 3 is 2.19 bits per heavy atom. The van der Waals surface area contributed by atoms with Crippen LogP contribution in [0.1, 0.15) is 34.8 Å². The van der Waals surface area contributed by atoms with E-state index >= 15 is 0 Å². The van der Waals surface area contributed by atoms with E-state index in [1.807, 2.05) is 30.3 Å². The van der Waals surface area contributed by atoms with Crippen LogP contribution in [-0.4, -0.2) is 34.6 Å². The van der Waals surface area contributed by atoms with Crippen molar-refractivity contribution in [3.05, 3.63) is 71.3 Å². The van der Waals surface area contributed by atoms with Gasteiger partial charge in [-0.25, -0.2) is 5.48 Å². The van der Waals surface area contributed by atoms with Gasteiger partial charge in [0.05, 0.1) is 4.75 Å². The Hall–Kier alpha value is -2.75.